The fourth-order valence-corrected chi connectivity index (χ4v) is 2.64. The first-order valence-electron chi connectivity index (χ1n) is 7.84. The molecule has 0 radical (unpaired) electrons. The molecule has 2 aromatic rings. The van der Waals surface area contributed by atoms with Gasteiger partial charge in [0.2, 0.25) is 0 Å². The Morgan fingerprint density at radius 3 is 1.87 bits per heavy atom. The molecular formula is C20H21N3. The number of anilines is 2. The molecule has 0 aliphatic heterocycles. The Hall–Kier alpha value is -2.78. The molecule has 0 heterocycles. The third kappa shape index (κ3) is 3.35. The van der Waals surface area contributed by atoms with Crippen molar-refractivity contribution in [2.24, 2.45) is 0 Å². The number of hydrogen-bond donors (Lipinski definition) is 0. The van der Waals surface area contributed by atoms with Gasteiger partial charge < -0.3 is 4.90 Å². The first-order valence-corrected chi connectivity index (χ1v) is 7.84. The van der Waals surface area contributed by atoms with E-state index in [9.17, 15) is 10.5 Å². The Labute approximate surface area is 138 Å². The lowest BCUT2D eigenvalue weighted by Crippen LogP contribution is -2.16. The van der Waals surface area contributed by atoms with Crippen LogP contribution in [0.1, 0.15) is 48.9 Å². The predicted molar refractivity (Wildman–Crippen MR) is 93.8 cm³/mol. The number of nitriles is 2. The second kappa shape index (κ2) is 6.99. The zero-order valence-corrected chi connectivity index (χ0v) is 14.1. The first kappa shape index (κ1) is 16.6. The van der Waals surface area contributed by atoms with Crippen molar-refractivity contribution in [3.05, 3.63) is 58.7 Å². The Balaban J connectivity index is 2.50. The molecular weight excluding hydrogens is 282 g/mol. The second-order valence-electron chi connectivity index (χ2n) is 5.88. The van der Waals surface area contributed by atoms with Crippen LogP contribution in [0.5, 0.6) is 0 Å². The van der Waals surface area contributed by atoms with Crippen molar-refractivity contribution in [1.29, 1.82) is 10.5 Å². The van der Waals surface area contributed by atoms with Crippen LogP contribution in [0.3, 0.4) is 0 Å². The summed E-state index contributed by atoms with van der Waals surface area (Å²) < 4.78 is 0. The topological polar surface area (TPSA) is 50.8 Å². The van der Waals surface area contributed by atoms with Gasteiger partial charge in [0.25, 0.3) is 0 Å². The SMILES string of the molecule is CCN(c1ccc(C(C)C)cc1)c1cc(C#N)c(C)c(C#N)c1. The number of nitrogens with zero attached hydrogens (tertiary/aromatic N) is 3. The monoisotopic (exact) mass is 303 g/mol. The molecule has 116 valence electrons. The smallest absolute Gasteiger partial charge is 0.0995 e. The number of rotatable bonds is 4. The maximum absolute atomic E-state index is 9.31. The van der Waals surface area contributed by atoms with Gasteiger partial charge in [-0.15, -0.1) is 0 Å². The van der Waals surface area contributed by atoms with E-state index < -0.39 is 0 Å². The average molecular weight is 303 g/mol. The van der Waals surface area contributed by atoms with Gasteiger partial charge in [-0.2, -0.15) is 10.5 Å². The van der Waals surface area contributed by atoms with Crippen molar-refractivity contribution < 1.29 is 0 Å². The average Bonchev–Trinajstić information content (AvgIpc) is 2.57. The molecule has 23 heavy (non-hydrogen) atoms. The lowest BCUT2D eigenvalue weighted by atomic mass is 10.0. The van der Waals surface area contributed by atoms with Crippen LogP contribution >= 0.6 is 0 Å². The summed E-state index contributed by atoms with van der Waals surface area (Å²) in [5, 5.41) is 18.6. The summed E-state index contributed by atoms with van der Waals surface area (Å²) in [5.74, 6) is 0.494. The van der Waals surface area contributed by atoms with Crippen molar-refractivity contribution in [2.75, 3.05) is 11.4 Å². The van der Waals surface area contributed by atoms with Gasteiger partial charge in [-0.25, -0.2) is 0 Å². The van der Waals surface area contributed by atoms with Crippen LogP contribution in [0.15, 0.2) is 36.4 Å². The van der Waals surface area contributed by atoms with E-state index in [1.165, 1.54) is 5.56 Å². The molecule has 3 nitrogen and oxygen atoms in total. The van der Waals surface area contributed by atoms with Crippen molar-refractivity contribution in [3.63, 3.8) is 0 Å². The molecule has 2 aromatic carbocycles. The minimum absolute atomic E-state index is 0.494. The van der Waals surface area contributed by atoms with E-state index >= 15 is 0 Å². The normalized spacial score (nSPS) is 10.2. The summed E-state index contributed by atoms with van der Waals surface area (Å²) >= 11 is 0. The summed E-state index contributed by atoms with van der Waals surface area (Å²) in [6, 6.07) is 16.5. The van der Waals surface area contributed by atoms with E-state index in [2.05, 4.69) is 62.1 Å². The molecule has 0 N–H and O–H groups in total. The molecule has 0 unspecified atom stereocenters. The van der Waals surface area contributed by atoms with Crippen LogP contribution in [0.2, 0.25) is 0 Å². The molecule has 0 saturated carbocycles. The molecule has 0 bridgehead atoms. The van der Waals surface area contributed by atoms with Gasteiger partial charge in [-0.1, -0.05) is 26.0 Å². The van der Waals surface area contributed by atoms with E-state index in [1.54, 1.807) is 0 Å². The Bertz CT molecular complexity index is 739. The molecule has 3 heteroatoms. The number of hydrogen-bond acceptors (Lipinski definition) is 3. The highest BCUT2D eigenvalue weighted by Gasteiger charge is 2.13. The minimum Gasteiger partial charge on any atom is -0.342 e. The van der Waals surface area contributed by atoms with Gasteiger partial charge in [0, 0.05) is 17.9 Å². The maximum Gasteiger partial charge on any atom is 0.0995 e. The van der Waals surface area contributed by atoms with Crippen LogP contribution in [0, 0.1) is 29.6 Å². The van der Waals surface area contributed by atoms with Crippen molar-refractivity contribution >= 4 is 11.4 Å². The summed E-state index contributed by atoms with van der Waals surface area (Å²) in [6.07, 6.45) is 0. The first-order chi connectivity index (χ1) is 11.0. The second-order valence-corrected chi connectivity index (χ2v) is 5.88. The Morgan fingerprint density at radius 2 is 1.48 bits per heavy atom. The molecule has 0 aliphatic rings. The van der Waals surface area contributed by atoms with Gasteiger partial charge in [0.15, 0.2) is 0 Å². The highest BCUT2D eigenvalue weighted by atomic mass is 15.1. The molecule has 0 spiro atoms. The van der Waals surface area contributed by atoms with Gasteiger partial charge in [0.1, 0.15) is 0 Å². The van der Waals surface area contributed by atoms with Crippen molar-refractivity contribution in [2.45, 2.75) is 33.6 Å². The molecule has 0 amide bonds. The van der Waals surface area contributed by atoms with Gasteiger partial charge >= 0.3 is 0 Å². The van der Waals surface area contributed by atoms with E-state index in [0.717, 1.165) is 23.5 Å². The van der Waals surface area contributed by atoms with Gasteiger partial charge in [0.05, 0.1) is 23.3 Å². The standard InChI is InChI=1S/C20H21N3/c1-5-23(19-8-6-16(7-9-19)14(2)3)20-10-17(12-21)15(4)18(11-20)13-22/h6-11,14H,5H2,1-4H3. The molecule has 0 saturated heterocycles. The van der Waals surface area contributed by atoms with E-state index in [4.69, 9.17) is 0 Å². The largest absolute Gasteiger partial charge is 0.342 e. The third-order valence-corrected chi connectivity index (χ3v) is 4.13. The molecule has 0 aliphatic carbocycles. The van der Waals surface area contributed by atoms with Crippen LogP contribution in [0.4, 0.5) is 11.4 Å². The predicted octanol–water partition coefficient (Wildman–Crippen LogP) is 5.02. The zero-order chi connectivity index (χ0) is 17.0. The van der Waals surface area contributed by atoms with Crippen LogP contribution in [-0.4, -0.2) is 6.54 Å². The fraction of sp³-hybridized carbons (Fsp3) is 0.300. The molecule has 2 rings (SSSR count). The highest BCUT2D eigenvalue weighted by molar-refractivity contribution is 5.68. The summed E-state index contributed by atoms with van der Waals surface area (Å²) in [7, 11) is 0. The van der Waals surface area contributed by atoms with Crippen LogP contribution < -0.4 is 4.90 Å². The summed E-state index contributed by atoms with van der Waals surface area (Å²) in [5.41, 5.74) is 5.08. The zero-order valence-electron chi connectivity index (χ0n) is 14.1. The quantitative estimate of drug-likeness (QED) is 0.796. The lowest BCUT2D eigenvalue weighted by molar-refractivity contribution is 0.866. The Morgan fingerprint density at radius 1 is 0.957 bits per heavy atom. The lowest BCUT2D eigenvalue weighted by Gasteiger charge is -2.24. The highest BCUT2D eigenvalue weighted by Crippen LogP contribution is 2.30. The molecule has 0 atom stereocenters. The fourth-order valence-electron chi connectivity index (χ4n) is 2.64. The minimum atomic E-state index is 0.494. The van der Waals surface area contributed by atoms with E-state index in [0.29, 0.717) is 17.0 Å². The third-order valence-electron chi connectivity index (χ3n) is 4.13. The van der Waals surface area contributed by atoms with Gasteiger partial charge in [-0.05, 0) is 55.2 Å². The summed E-state index contributed by atoms with van der Waals surface area (Å²) in [4.78, 5) is 2.12. The molecule has 0 aromatic heterocycles. The maximum atomic E-state index is 9.31. The number of benzene rings is 2. The van der Waals surface area contributed by atoms with Crippen LogP contribution in [-0.2, 0) is 0 Å². The van der Waals surface area contributed by atoms with E-state index in [-0.39, 0.29) is 0 Å². The van der Waals surface area contributed by atoms with E-state index in [1.807, 2.05) is 19.1 Å². The summed E-state index contributed by atoms with van der Waals surface area (Å²) in [6.45, 7) is 8.98. The van der Waals surface area contributed by atoms with Gasteiger partial charge in [-0.3, -0.25) is 0 Å². The van der Waals surface area contributed by atoms with Crippen LogP contribution in [0.25, 0.3) is 0 Å². The molecule has 0 fully saturated rings. The van der Waals surface area contributed by atoms with Crippen molar-refractivity contribution in [3.8, 4) is 12.1 Å². The Kier molecular flexibility index (Phi) is 5.04. The van der Waals surface area contributed by atoms with Crippen molar-refractivity contribution in [1.82, 2.24) is 0 Å².